The minimum absolute atomic E-state index is 0.306. The van der Waals surface area contributed by atoms with E-state index in [1.807, 2.05) is 6.07 Å². The highest BCUT2D eigenvalue weighted by Crippen LogP contribution is 2.36. The summed E-state index contributed by atoms with van der Waals surface area (Å²) in [6, 6.07) is 3.63. The zero-order valence-corrected chi connectivity index (χ0v) is 13.5. The molecule has 0 bridgehead atoms. The molecular weight excluding hydrogens is 332 g/mol. The summed E-state index contributed by atoms with van der Waals surface area (Å²) in [6.07, 6.45) is -2.51. The van der Waals surface area contributed by atoms with Gasteiger partial charge in [-0.1, -0.05) is 13.8 Å². The highest BCUT2D eigenvalue weighted by atomic mass is 79.9. The Balaban J connectivity index is 2.78. The van der Waals surface area contributed by atoms with Gasteiger partial charge in [0, 0.05) is 6.54 Å². The molecule has 20 heavy (non-hydrogen) atoms. The Kier molecular flexibility index (Phi) is 7.23. The number of ether oxygens (including phenoxy) is 2. The Morgan fingerprint density at radius 2 is 2.00 bits per heavy atom. The van der Waals surface area contributed by atoms with E-state index in [2.05, 4.69) is 35.1 Å². The van der Waals surface area contributed by atoms with Crippen molar-refractivity contribution in [3.05, 3.63) is 22.2 Å². The molecule has 3 nitrogen and oxygen atoms in total. The molecule has 114 valence electrons. The zero-order valence-electron chi connectivity index (χ0n) is 11.9. The third-order valence-electron chi connectivity index (χ3n) is 2.52. The van der Waals surface area contributed by atoms with Crippen LogP contribution in [0.15, 0.2) is 16.6 Å². The number of alkyl halides is 2. The molecule has 1 rings (SSSR count). The molecule has 0 saturated heterocycles. The van der Waals surface area contributed by atoms with Crippen molar-refractivity contribution in [2.45, 2.75) is 26.8 Å². The molecule has 0 amide bonds. The summed E-state index contributed by atoms with van der Waals surface area (Å²) < 4.78 is 35.3. The minimum Gasteiger partial charge on any atom is -0.493 e. The summed E-state index contributed by atoms with van der Waals surface area (Å²) in [5.41, 5.74) is 0.999. The van der Waals surface area contributed by atoms with Gasteiger partial charge in [0.05, 0.1) is 11.6 Å². The predicted molar refractivity (Wildman–Crippen MR) is 78.7 cm³/mol. The Hall–Kier alpha value is -0.880. The SMILES string of the molecule is COc1cc(CNCC(C)C)cc(Br)c1OCC(F)F. The van der Waals surface area contributed by atoms with E-state index in [4.69, 9.17) is 9.47 Å². The second-order valence-corrected chi connectivity index (χ2v) is 5.69. The number of halogens is 3. The van der Waals surface area contributed by atoms with Gasteiger partial charge in [-0.3, -0.25) is 0 Å². The zero-order chi connectivity index (χ0) is 15.1. The first-order valence-corrected chi connectivity index (χ1v) is 7.21. The van der Waals surface area contributed by atoms with Gasteiger partial charge < -0.3 is 14.8 Å². The lowest BCUT2D eigenvalue weighted by molar-refractivity contribution is 0.0800. The fourth-order valence-electron chi connectivity index (χ4n) is 1.67. The molecule has 0 aliphatic rings. The van der Waals surface area contributed by atoms with Gasteiger partial charge in [0.1, 0.15) is 6.61 Å². The van der Waals surface area contributed by atoms with E-state index in [-0.39, 0.29) is 0 Å². The second kappa shape index (κ2) is 8.42. The molecule has 0 saturated carbocycles. The molecule has 0 aliphatic carbocycles. The van der Waals surface area contributed by atoms with Crippen molar-refractivity contribution in [2.24, 2.45) is 5.92 Å². The Morgan fingerprint density at radius 1 is 1.30 bits per heavy atom. The molecule has 0 unspecified atom stereocenters. The summed E-state index contributed by atoms with van der Waals surface area (Å²) in [5.74, 6) is 1.32. The van der Waals surface area contributed by atoms with Crippen molar-refractivity contribution >= 4 is 15.9 Å². The lowest BCUT2D eigenvalue weighted by Gasteiger charge is -2.15. The predicted octanol–water partition coefficient (Wildman–Crippen LogP) is 3.85. The molecule has 0 radical (unpaired) electrons. The van der Waals surface area contributed by atoms with Gasteiger partial charge in [-0.2, -0.15) is 0 Å². The van der Waals surface area contributed by atoms with Gasteiger partial charge >= 0.3 is 0 Å². The Bertz CT molecular complexity index is 428. The van der Waals surface area contributed by atoms with Crippen LogP contribution in [0.5, 0.6) is 11.5 Å². The highest BCUT2D eigenvalue weighted by Gasteiger charge is 2.14. The van der Waals surface area contributed by atoms with Crippen LogP contribution >= 0.6 is 15.9 Å². The molecule has 0 spiro atoms. The average molecular weight is 352 g/mol. The minimum atomic E-state index is -2.51. The smallest absolute Gasteiger partial charge is 0.272 e. The molecule has 0 heterocycles. The van der Waals surface area contributed by atoms with Crippen LogP contribution in [0.25, 0.3) is 0 Å². The first kappa shape index (κ1) is 17.2. The third-order valence-corrected chi connectivity index (χ3v) is 3.11. The monoisotopic (exact) mass is 351 g/mol. The van der Waals surface area contributed by atoms with Crippen LogP contribution in [-0.4, -0.2) is 26.7 Å². The van der Waals surface area contributed by atoms with Gasteiger partial charge in [0.2, 0.25) is 0 Å². The van der Waals surface area contributed by atoms with Crippen LogP contribution in [0.4, 0.5) is 8.78 Å². The number of benzene rings is 1. The standard InChI is InChI=1S/C14H20BrF2NO2/c1-9(2)6-18-7-10-4-11(15)14(12(5-10)19-3)20-8-13(16)17/h4-5,9,13,18H,6-8H2,1-3H3. The fraction of sp³-hybridized carbons (Fsp3) is 0.571. The van der Waals surface area contributed by atoms with E-state index in [1.165, 1.54) is 7.11 Å². The van der Waals surface area contributed by atoms with Gasteiger partial charge in [-0.25, -0.2) is 8.78 Å². The fourth-order valence-corrected chi connectivity index (χ4v) is 2.27. The maximum atomic E-state index is 12.2. The Labute approximate surface area is 126 Å². The van der Waals surface area contributed by atoms with Gasteiger partial charge in [-0.05, 0) is 46.1 Å². The number of nitrogens with one attached hydrogen (secondary N) is 1. The molecule has 6 heteroatoms. The molecule has 1 aromatic rings. The van der Waals surface area contributed by atoms with Crippen LogP contribution in [-0.2, 0) is 6.54 Å². The number of hydrogen-bond donors (Lipinski definition) is 1. The maximum Gasteiger partial charge on any atom is 0.272 e. The van der Waals surface area contributed by atoms with Crippen molar-refractivity contribution in [1.82, 2.24) is 5.32 Å². The van der Waals surface area contributed by atoms with E-state index in [1.54, 1.807) is 6.07 Å². The Morgan fingerprint density at radius 3 is 2.55 bits per heavy atom. The maximum absolute atomic E-state index is 12.2. The summed E-state index contributed by atoms with van der Waals surface area (Å²) in [6.45, 7) is 5.20. The quantitative estimate of drug-likeness (QED) is 0.771. The average Bonchev–Trinajstić information content (AvgIpc) is 2.36. The van der Waals surface area contributed by atoms with Crippen LogP contribution in [0.3, 0.4) is 0 Å². The largest absolute Gasteiger partial charge is 0.493 e. The molecule has 0 atom stereocenters. The molecule has 1 N–H and O–H groups in total. The van der Waals surface area contributed by atoms with Crippen molar-refractivity contribution in [1.29, 1.82) is 0 Å². The lowest BCUT2D eigenvalue weighted by Crippen LogP contribution is -2.19. The molecule has 1 aromatic carbocycles. The summed E-state index contributed by atoms with van der Waals surface area (Å²) >= 11 is 3.33. The van der Waals surface area contributed by atoms with Crippen LogP contribution in [0.1, 0.15) is 19.4 Å². The molecule has 0 fully saturated rings. The summed E-state index contributed by atoms with van der Waals surface area (Å²) in [7, 11) is 1.49. The first-order chi connectivity index (χ1) is 9.43. The van der Waals surface area contributed by atoms with Gasteiger partial charge in [-0.15, -0.1) is 0 Å². The number of rotatable bonds is 8. The second-order valence-electron chi connectivity index (χ2n) is 4.84. The van der Waals surface area contributed by atoms with Crippen LogP contribution < -0.4 is 14.8 Å². The topological polar surface area (TPSA) is 30.5 Å². The van der Waals surface area contributed by atoms with E-state index < -0.39 is 13.0 Å². The summed E-state index contributed by atoms with van der Waals surface area (Å²) in [4.78, 5) is 0. The van der Waals surface area contributed by atoms with Gasteiger partial charge in [0.25, 0.3) is 6.43 Å². The number of methoxy groups -OCH3 is 1. The summed E-state index contributed by atoms with van der Waals surface area (Å²) in [5, 5.41) is 3.31. The molecule has 0 aromatic heterocycles. The van der Waals surface area contributed by atoms with Crippen LogP contribution in [0, 0.1) is 5.92 Å². The molecular formula is C14H20BrF2NO2. The molecule has 0 aliphatic heterocycles. The van der Waals surface area contributed by atoms with Crippen molar-refractivity contribution in [2.75, 3.05) is 20.3 Å². The van der Waals surface area contributed by atoms with Crippen molar-refractivity contribution in [3.8, 4) is 11.5 Å². The third kappa shape index (κ3) is 5.63. The van der Waals surface area contributed by atoms with E-state index in [0.717, 1.165) is 12.1 Å². The van der Waals surface area contributed by atoms with Crippen molar-refractivity contribution < 1.29 is 18.3 Å². The van der Waals surface area contributed by atoms with E-state index in [9.17, 15) is 8.78 Å². The van der Waals surface area contributed by atoms with E-state index >= 15 is 0 Å². The van der Waals surface area contributed by atoms with Gasteiger partial charge in [0.15, 0.2) is 11.5 Å². The van der Waals surface area contributed by atoms with Crippen LogP contribution in [0.2, 0.25) is 0 Å². The highest BCUT2D eigenvalue weighted by molar-refractivity contribution is 9.10. The van der Waals surface area contributed by atoms with E-state index in [0.29, 0.717) is 28.4 Å². The lowest BCUT2D eigenvalue weighted by atomic mass is 10.2. The number of hydrogen-bond acceptors (Lipinski definition) is 3. The first-order valence-electron chi connectivity index (χ1n) is 6.42. The normalized spacial score (nSPS) is 11.2. The van der Waals surface area contributed by atoms with Crippen molar-refractivity contribution in [3.63, 3.8) is 0 Å².